The molecule has 0 spiro atoms. The quantitative estimate of drug-likeness (QED) is 0.871. The van der Waals surface area contributed by atoms with E-state index in [1.165, 1.54) is 19.3 Å². The monoisotopic (exact) mass is 299 g/mol. The fourth-order valence-corrected chi connectivity index (χ4v) is 3.01. The number of likely N-dealkylation sites (N-methyl/N-ethyl adjacent to an activating group) is 1. The summed E-state index contributed by atoms with van der Waals surface area (Å²) >= 11 is 0. The van der Waals surface area contributed by atoms with Gasteiger partial charge in [0, 0.05) is 23.9 Å². The van der Waals surface area contributed by atoms with Crippen LogP contribution >= 0.6 is 0 Å². The number of rotatable bonds is 4. The molecule has 116 valence electrons. The highest BCUT2D eigenvalue weighted by Gasteiger charge is 2.22. The molecule has 5 heteroatoms. The van der Waals surface area contributed by atoms with Crippen LogP contribution in [0.2, 0.25) is 0 Å². The SMILES string of the molecule is CN(C(=O)COc1nncc2ccccc12)C1CCCCC1. The predicted octanol–water partition coefficient (Wildman–Crippen LogP) is 2.80. The van der Waals surface area contributed by atoms with Crippen molar-refractivity contribution < 1.29 is 9.53 Å². The second kappa shape index (κ2) is 6.73. The second-order valence-electron chi connectivity index (χ2n) is 5.82. The molecule has 22 heavy (non-hydrogen) atoms. The van der Waals surface area contributed by atoms with Crippen molar-refractivity contribution in [1.82, 2.24) is 15.1 Å². The van der Waals surface area contributed by atoms with Crippen molar-refractivity contribution in [3.8, 4) is 5.88 Å². The number of ether oxygens (including phenoxy) is 1. The van der Waals surface area contributed by atoms with Gasteiger partial charge in [-0.2, -0.15) is 5.10 Å². The molecule has 0 radical (unpaired) electrons. The number of hydrogen-bond acceptors (Lipinski definition) is 4. The highest BCUT2D eigenvalue weighted by molar-refractivity contribution is 5.86. The Bertz CT molecular complexity index is 648. The van der Waals surface area contributed by atoms with Gasteiger partial charge in [0.2, 0.25) is 5.88 Å². The van der Waals surface area contributed by atoms with E-state index in [9.17, 15) is 4.79 Å². The summed E-state index contributed by atoms with van der Waals surface area (Å²) in [5, 5.41) is 9.77. The van der Waals surface area contributed by atoms with Crippen LogP contribution in [0.15, 0.2) is 30.5 Å². The van der Waals surface area contributed by atoms with Crippen LogP contribution < -0.4 is 4.74 Å². The van der Waals surface area contributed by atoms with E-state index < -0.39 is 0 Å². The summed E-state index contributed by atoms with van der Waals surface area (Å²) in [7, 11) is 1.87. The number of nitrogens with zero attached hydrogens (tertiary/aromatic N) is 3. The lowest BCUT2D eigenvalue weighted by molar-refractivity contribution is -0.134. The molecule has 1 aromatic carbocycles. The molecular formula is C17H21N3O2. The van der Waals surface area contributed by atoms with Gasteiger partial charge in [-0.25, -0.2) is 0 Å². The molecule has 1 amide bonds. The zero-order valence-electron chi connectivity index (χ0n) is 12.9. The van der Waals surface area contributed by atoms with Crippen molar-refractivity contribution in [3.63, 3.8) is 0 Å². The molecule has 1 aromatic heterocycles. The van der Waals surface area contributed by atoms with Gasteiger partial charge in [0.25, 0.3) is 5.91 Å². The van der Waals surface area contributed by atoms with Crippen LogP contribution in [-0.2, 0) is 4.79 Å². The molecular weight excluding hydrogens is 278 g/mol. The van der Waals surface area contributed by atoms with E-state index in [0.717, 1.165) is 23.6 Å². The maximum Gasteiger partial charge on any atom is 0.260 e. The first-order valence-electron chi connectivity index (χ1n) is 7.84. The minimum absolute atomic E-state index is 0.00151. The zero-order chi connectivity index (χ0) is 15.4. The molecule has 1 aliphatic carbocycles. The Labute approximate surface area is 130 Å². The molecule has 2 aromatic rings. The van der Waals surface area contributed by atoms with Gasteiger partial charge < -0.3 is 9.64 Å². The lowest BCUT2D eigenvalue weighted by Crippen LogP contribution is -2.40. The normalized spacial score (nSPS) is 15.7. The van der Waals surface area contributed by atoms with Crippen molar-refractivity contribution in [1.29, 1.82) is 0 Å². The summed E-state index contributed by atoms with van der Waals surface area (Å²) in [4.78, 5) is 14.1. The Morgan fingerprint density at radius 3 is 2.86 bits per heavy atom. The average Bonchev–Trinajstić information content (AvgIpc) is 2.59. The van der Waals surface area contributed by atoms with E-state index in [1.54, 1.807) is 6.20 Å². The van der Waals surface area contributed by atoms with Crippen molar-refractivity contribution in [2.45, 2.75) is 38.1 Å². The van der Waals surface area contributed by atoms with Crippen LogP contribution in [-0.4, -0.2) is 40.7 Å². The summed E-state index contributed by atoms with van der Waals surface area (Å²) < 4.78 is 5.63. The molecule has 1 fully saturated rings. The van der Waals surface area contributed by atoms with Crippen LogP contribution in [0.25, 0.3) is 10.8 Å². The van der Waals surface area contributed by atoms with Gasteiger partial charge in [-0.1, -0.05) is 37.5 Å². The summed E-state index contributed by atoms with van der Waals surface area (Å²) in [5.74, 6) is 0.421. The Hall–Kier alpha value is -2.17. The van der Waals surface area contributed by atoms with Crippen molar-refractivity contribution >= 4 is 16.7 Å². The molecule has 0 bridgehead atoms. The lowest BCUT2D eigenvalue weighted by atomic mass is 9.94. The first-order chi connectivity index (χ1) is 10.8. The summed E-state index contributed by atoms with van der Waals surface area (Å²) in [6.45, 7) is 0.00961. The highest BCUT2D eigenvalue weighted by Crippen LogP contribution is 2.23. The molecule has 3 rings (SSSR count). The van der Waals surface area contributed by atoms with Gasteiger partial charge in [-0.15, -0.1) is 5.10 Å². The van der Waals surface area contributed by atoms with Crippen molar-refractivity contribution in [3.05, 3.63) is 30.5 Å². The van der Waals surface area contributed by atoms with E-state index in [0.29, 0.717) is 11.9 Å². The Kier molecular flexibility index (Phi) is 4.51. The Morgan fingerprint density at radius 1 is 1.27 bits per heavy atom. The number of carbonyl (C=O) groups is 1. The van der Waals surface area contributed by atoms with E-state index >= 15 is 0 Å². The molecule has 1 saturated carbocycles. The maximum atomic E-state index is 12.3. The van der Waals surface area contributed by atoms with Crippen LogP contribution in [0.4, 0.5) is 0 Å². The Morgan fingerprint density at radius 2 is 2.05 bits per heavy atom. The predicted molar refractivity (Wildman–Crippen MR) is 84.7 cm³/mol. The van der Waals surface area contributed by atoms with Crippen LogP contribution in [0.1, 0.15) is 32.1 Å². The summed E-state index contributed by atoms with van der Waals surface area (Å²) in [5.41, 5.74) is 0. The number of carbonyl (C=O) groups excluding carboxylic acids is 1. The topological polar surface area (TPSA) is 55.3 Å². The number of amides is 1. The Balaban J connectivity index is 1.64. The van der Waals surface area contributed by atoms with Crippen molar-refractivity contribution in [2.24, 2.45) is 0 Å². The number of aromatic nitrogens is 2. The molecule has 0 aliphatic heterocycles. The zero-order valence-corrected chi connectivity index (χ0v) is 12.9. The highest BCUT2D eigenvalue weighted by atomic mass is 16.5. The van der Waals surface area contributed by atoms with E-state index in [1.807, 2.05) is 36.2 Å². The fourth-order valence-electron chi connectivity index (χ4n) is 3.01. The molecule has 1 heterocycles. The summed E-state index contributed by atoms with van der Waals surface area (Å²) in [6.07, 6.45) is 7.57. The average molecular weight is 299 g/mol. The van der Waals surface area contributed by atoms with Crippen LogP contribution in [0.5, 0.6) is 5.88 Å². The minimum Gasteiger partial charge on any atom is -0.466 e. The van der Waals surface area contributed by atoms with Gasteiger partial charge in [0.05, 0.1) is 6.20 Å². The standard InChI is InChI=1S/C17H21N3O2/c1-20(14-8-3-2-4-9-14)16(21)12-22-17-15-10-6-5-7-13(15)11-18-19-17/h5-7,10-11,14H,2-4,8-9,12H2,1H3. The van der Waals surface area contributed by atoms with Gasteiger partial charge in [0.1, 0.15) is 0 Å². The fraction of sp³-hybridized carbons (Fsp3) is 0.471. The molecule has 5 nitrogen and oxygen atoms in total. The second-order valence-corrected chi connectivity index (χ2v) is 5.82. The third-order valence-corrected chi connectivity index (χ3v) is 4.38. The molecule has 0 unspecified atom stereocenters. The van der Waals surface area contributed by atoms with Gasteiger partial charge >= 0.3 is 0 Å². The summed E-state index contributed by atoms with van der Waals surface area (Å²) in [6, 6.07) is 8.09. The first-order valence-corrected chi connectivity index (χ1v) is 7.84. The van der Waals surface area contributed by atoms with Crippen LogP contribution in [0.3, 0.4) is 0 Å². The van der Waals surface area contributed by atoms with Gasteiger partial charge in [0.15, 0.2) is 6.61 Å². The van der Waals surface area contributed by atoms with Gasteiger partial charge in [-0.05, 0) is 18.9 Å². The third-order valence-electron chi connectivity index (χ3n) is 4.38. The van der Waals surface area contributed by atoms with Crippen LogP contribution in [0, 0.1) is 0 Å². The lowest BCUT2D eigenvalue weighted by Gasteiger charge is -2.31. The number of benzene rings is 1. The van der Waals surface area contributed by atoms with Crippen molar-refractivity contribution in [2.75, 3.05) is 13.7 Å². The van der Waals surface area contributed by atoms with E-state index in [4.69, 9.17) is 4.74 Å². The first kappa shape index (κ1) is 14.8. The largest absolute Gasteiger partial charge is 0.466 e. The molecule has 0 N–H and O–H groups in total. The third kappa shape index (κ3) is 3.18. The molecule has 0 atom stereocenters. The smallest absolute Gasteiger partial charge is 0.260 e. The maximum absolute atomic E-state index is 12.3. The molecule has 1 aliphatic rings. The number of fused-ring (bicyclic) bond motifs is 1. The van der Waals surface area contributed by atoms with E-state index in [2.05, 4.69) is 10.2 Å². The number of hydrogen-bond donors (Lipinski definition) is 0. The van der Waals surface area contributed by atoms with E-state index in [-0.39, 0.29) is 12.5 Å². The molecule has 0 saturated heterocycles. The van der Waals surface area contributed by atoms with Gasteiger partial charge in [-0.3, -0.25) is 4.79 Å². The minimum atomic E-state index is 0.00151.